The highest BCUT2D eigenvalue weighted by Gasteiger charge is 2.17. The topological polar surface area (TPSA) is 72.3 Å². The van der Waals surface area contributed by atoms with Gasteiger partial charge in [-0.05, 0) is 37.6 Å². The van der Waals surface area contributed by atoms with Gasteiger partial charge in [0.2, 0.25) is 0 Å². The van der Waals surface area contributed by atoms with Crippen LogP contribution in [-0.4, -0.2) is 13.0 Å². The molecule has 0 spiro atoms. The van der Waals surface area contributed by atoms with Gasteiger partial charge in [0.05, 0.1) is 16.9 Å². The van der Waals surface area contributed by atoms with E-state index in [9.17, 15) is 4.79 Å². The van der Waals surface area contributed by atoms with Crippen molar-refractivity contribution in [3.05, 3.63) is 53.1 Å². The van der Waals surface area contributed by atoms with E-state index in [4.69, 9.17) is 11.5 Å². The lowest BCUT2D eigenvalue weighted by Crippen LogP contribution is -2.20. The maximum Gasteiger partial charge on any atom is 0.250 e. The van der Waals surface area contributed by atoms with Crippen LogP contribution in [0, 0.1) is 13.8 Å². The molecule has 0 unspecified atom stereocenters. The van der Waals surface area contributed by atoms with Gasteiger partial charge in [-0.25, -0.2) is 0 Å². The fourth-order valence-electron chi connectivity index (χ4n) is 2.44. The Hall–Kier alpha value is -2.49. The van der Waals surface area contributed by atoms with Gasteiger partial charge in [-0.2, -0.15) is 0 Å². The maximum atomic E-state index is 11.6. The molecule has 0 saturated heterocycles. The van der Waals surface area contributed by atoms with Crippen molar-refractivity contribution in [2.24, 2.45) is 5.73 Å². The summed E-state index contributed by atoms with van der Waals surface area (Å²) in [6.07, 6.45) is 0. The minimum Gasteiger partial charge on any atom is -0.397 e. The van der Waals surface area contributed by atoms with Gasteiger partial charge in [0.25, 0.3) is 5.91 Å². The molecule has 2 aromatic carbocycles. The molecule has 0 heterocycles. The molecule has 0 aromatic heterocycles. The van der Waals surface area contributed by atoms with Crippen molar-refractivity contribution in [2.75, 3.05) is 17.7 Å². The number of rotatable bonds is 3. The molecule has 0 saturated carbocycles. The Balaban J connectivity index is 2.58. The van der Waals surface area contributed by atoms with E-state index in [0.29, 0.717) is 16.9 Å². The van der Waals surface area contributed by atoms with Crippen molar-refractivity contribution >= 4 is 23.0 Å². The molecular weight excluding hydrogens is 250 g/mol. The van der Waals surface area contributed by atoms with E-state index in [1.807, 2.05) is 37.9 Å². The van der Waals surface area contributed by atoms with Crippen LogP contribution in [0.1, 0.15) is 21.5 Å². The summed E-state index contributed by atoms with van der Waals surface area (Å²) in [5.74, 6) is -0.482. The zero-order chi connectivity index (χ0) is 14.9. The Morgan fingerprint density at radius 3 is 2.45 bits per heavy atom. The molecule has 0 radical (unpaired) electrons. The average Bonchev–Trinajstić information content (AvgIpc) is 2.37. The summed E-state index contributed by atoms with van der Waals surface area (Å²) in [5.41, 5.74) is 16.4. The second kappa shape index (κ2) is 5.25. The third-order valence-electron chi connectivity index (χ3n) is 3.38. The maximum absolute atomic E-state index is 11.6. The largest absolute Gasteiger partial charge is 0.397 e. The number of hydrogen-bond acceptors (Lipinski definition) is 3. The lowest BCUT2D eigenvalue weighted by atomic mass is 10.1. The molecule has 0 fully saturated rings. The van der Waals surface area contributed by atoms with Gasteiger partial charge in [-0.1, -0.05) is 23.8 Å². The molecule has 0 atom stereocenters. The third kappa shape index (κ3) is 2.45. The first kappa shape index (κ1) is 13.9. The molecule has 0 aliphatic heterocycles. The van der Waals surface area contributed by atoms with E-state index in [0.717, 1.165) is 11.3 Å². The molecule has 4 nitrogen and oxygen atoms in total. The van der Waals surface area contributed by atoms with Gasteiger partial charge in [-0.3, -0.25) is 4.79 Å². The van der Waals surface area contributed by atoms with Gasteiger partial charge < -0.3 is 16.4 Å². The number of benzene rings is 2. The molecule has 2 rings (SSSR count). The van der Waals surface area contributed by atoms with Crippen molar-refractivity contribution < 1.29 is 4.79 Å². The van der Waals surface area contributed by atoms with Crippen molar-refractivity contribution in [1.29, 1.82) is 0 Å². The number of para-hydroxylation sites is 1. The number of nitrogen functional groups attached to an aromatic ring is 1. The van der Waals surface area contributed by atoms with E-state index in [1.54, 1.807) is 18.2 Å². The highest BCUT2D eigenvalue weighted by atomic mass is 16.1. The SMILES string of the molecule is Cc1ccc(N(C)c2c(N)cccc2C(N)=O)c(C)c1. The van der Waals surface area contributed by atoms with Gasteiger partial charge >= 0.3 is 0 Å². The smallest absolute Gasteiger partial charge is 0.250 e. The molecule has 2 aromatic rings. The zero-order valence-electron chi connectivity index (χ0n) is 12.0. The predicted octanol–water partition coefficient (Wildman–Crippen LogP) is 2.75. The molecule has 104 valence electrons. The first-order valence-corrected chi connectivity index (χ1v) is 6.41. The van der Waals surface area contributed by atoms with E-state index < -0.39 is 5.91 Å². The summed E-state index contributed by atoms with van der Waals surface area (Å²) in [6.45, 7) is 4.07. The number of amides is 1. The molecule has 4 heteroatoms. The monoisotopic (exact) mass is 269 g/mol. The second-order valence-electron chi connectivity index (χ2n) is 4.96. The fraction of sp³-hybridized carbons (Fsp3) is 0.188. The highest BCUT2D eigenvalue weighted by Crippen LogP contribution is 2.34. The van der Waals surface area contributed by atoms with Gasteiger partial charge in [0.1, 0.15) is 0 Å². The number of aryl methyl sites for hydroxylation is 2. The average molecular weight is 269 g/mol. The normalized spacial score (nSPS) is 10.3. The van der Waals surface area contributed by atoms with Crippen LogP contribution in [0.15, 0.2) is 36.4 Å². The minimum absolute atomic E-state index is 0.424. The Bertz CT molecular complexity index is 665. The van der Waals surface area contributed by atoms with Crippen molar-refractivity contribution in [1.82, 2.24) is 0 Å². The Kier molecular flexibility index (Phi) is 3.66. The number of anilines is 3. The number of carbonyl (C=O) groups is 1. The summed E-state index contributed by atoms with van der Waals surface area (Å²) >= 11 is 0. The van der Waals surface area contributed by atoms with E-state index in [-0.39, 0.29) is 0 Å². The predicted molar refractivity (Wildman–Crippen MR) is 83.4 cm³/mol. The van der Waals surface area contributed by atoms with Gasteiger partial charge in [-0.15, -0.1) is 0 Å². The van der Waals surface area contributed by atoms with E-state index >= 15 is 0 Å². The standard InChI is InChI=1S/C16H19N3O/c1-10-7-8-14(11(2)9-10)19(3)15-12(16(18)20)5-4-6-13(15)17/h4-9H,17H2,1-3H3,(H2,18,20). The molecule has 20 heavy (non-hydrogen) atoms. The zero-order valence-corrected chi connectivity index (χ0v) is 12.0. The Labute approximate surface area is 119 Å². The summed E-state index contributed by atoms with van der Waals surface area (Å²) in [5, 5.41) is 0. The Morgan fingerprint density at radius 2 is 1.85 bits per heavy atom. The molecule has 0 aliphatic carbocycles. The lowest BCUT2D eigenvalue weighted by Gasteiger charge is -2.25. The number of primary amides is 1. The molecule has 1 amide bonds. The van der Waals surface area contributed by atoms with Crippen LogP contribution in [0.5, 0.6) is 0 Å². The fourth-order valence-corrected chi connectivity index (χ4v) is 2.44. The molecule has 0 aliphatic rings. The van der Waals surface area contributed by atoms with Crippen LogP contribution < -0.4 is 16.4 Å². The Morgan fingerprint density at radius 1 is 1.15 bits per heavy atom. The first-order valence-electron chi connectivity index (χ1n) is 6.41. The van der Waals surface area contributed by atoms with Crippen molar-refractivity contribution in [2.45, 2.75) is 13.8 Å². The minimum atomic E-state index is -0.482. The molecule has 4 N–H and O–H groups in total. The third-order valence-corrected chi connectivity index (χ3v) is 3.38. The lowest BCUT2D eigenvalue weighted by molar-refractivity contribution is 0.100. The second-order valence-corrected chi connectivity index (χ2v) is 4.96. The summed E-state index contributed by atoms with van der Waals surface area (Å²) < 4.78 is 0. The van der Waals surface area contributed by atoms with Crippen LogP contribution in [0.4, 0.5) is 17.1 Å². The van der Waals surface area contributed by atoms with Gasteiger partial charge in [0, 0.05) is 12.7 Å². The van der Waals surface area contributed by atoms with E-state index in [2.05, 4.69) is 6.07 Å². The van der Waals surface area contributed by atoms with Crippen LogP contribution in [-0.2, 0) is 0 Å². The van der Waals surface area contributed by atoms with Crippen molar-refractivity contribution in [3.63, 3.8) is 0 Å². The molecule has 0 bridgehead atoms. The highest BCUT2D eigenvalue weighted by molar-refractivity contribution is 6.02. The van der Waals surface area contributed by atoms with Crippen molar-refractivity contribution in [3.8, 4) is 0 Å². The van der Waals surface area contributed by atoms with Crippen LogP contribution in [0.3, 0.4) is 0 Å². The summed E-state index contributed by atoms with van der Waals surface area (Å²) in [7, 11) is 1.88. The van der Waals surface area contributed by atoms with Crippen LogP contribution in [0.25, 0.3) is 0 Å². The quantitative estimate of drug-likeness (QED) is 0.841. The van der Waals surface area contributed by atoms with Gasteiger partial charge in [0.15, 0.2) is 0 Å². The number of carbonyl (C=O) groups excluding carboxylic acids is 1. The van der Waals surface area contributed by atoms with Crippen LogP contribution in [0.2, 0.25) is 0 Å². The van der Waals surface area contributed by atoms with Crippen LogP contribution >= 0.6 is 0 Å². The summed E-state index contributed by atoms with van der Waals surface area (Å²) in [6, 6.07) is 11.3. The first-order chi connectivity index (χ1) is 9.41. The van der Waals surface area contributed by atoms with E-state index in [1.165, 1.54) is 5.56 Å². The number of nitrogens with zero attached hydrogens (tertiary/aromatic N) is 1. The number of hydrogen-bond donors (Lipinski definition) is 2. The number of nitrogens with two attached hydrogens (primary N) is 2. The summed E-state index contributed by atoms with van der Waals surface area (Å²) in [4.78, 5) is 13.5. The molecular formula is C16H19N3O.